The number of hydrogen-bond acceptors (Lipinski definition) is 0. The molecule has 13 aromatic carbocycles. The Balaban J connectivity index is 0.000000143. The highest BCUT2D eigenvalue weighted by Crippen LogP contribution is 2.30. The fraction of sp³-hybridized carbons (Fsp3) is 0.157. The van der Waals surface area contributed by atoms with Gasteiger partial charge in [-0.15, -0.1) is 0 Å². The van der Waals surface area contributed by atoms with E-state index in [0.717, 1.165) is 0 Å². The molecule has 0 spiro atoms. The van der Waals surface area contributed by atoms with Crippen LogP contribution >= 0.6 is 0 Å². The average Bonchev–Trinajstić information content (AvgIpc) is 3.62. The van der Waals surface area contributed by atoms with Crippen LogP contribution in [0.5, 0.6) is 0 Å². The van der Waals surface area contributed by atoms with Gasteiger partial charge in [-0.3, -0.25) is 0 Å². The van der Waals surface area contributed by atoms with E-state index in [9.17, 15) is 0 Å². The van der Waals surface area contributed by atoms with E-state index in [1.54, 1.807) is 0 Å². The molecule has 0 unspecified atom stereocenters. The molecule has 13 rings (SSSR count). The van der Waals surface area contributed by atoms with E-state index in [1.807, 2.05) is 0 Å². The lowest BCUT2D eigenvalue weighted by Crippen LogP contribution is -1.84. The van der Waals surface area contributed by atoms with Crippen LogP contribution in [0.1, 0.15) is 72.3 Å². The van der Waals surface area contributed by atoms with Crippen molar-refractivity contribution in [3.8, 4) is 22.3 Å². The lowest BCUT2D eigenvalue weighted by Gasteiger charge is -2.08. The second-order valence-corrected chi connectivity index (χ2v) is 22.3. The fourth-order valence-corrected chi connectivity index (χ4v) is 10.2. The third-order valence-electron chi connectivity index (χ3n) is 15.0. The second kappa shape index (κ2) is 30.6. The Morgan fingerprint density at radius 1 is 0.157 bits per heavy atom. The van der Waals surface area contributed by atoms with Crippen molar-refractivity contribution < 1.29 is 0 Å². The van der Waals surface area contributed by atoms with E-state index in [-0.39, 0.29) is 0 Å². The first-order chi connectivity index (χ1) is 40.0. The molecule has 83 heavy (non-hydrogen) atoms. The smallest absolute Gasteiger partial charge is 0.0103 e. The summed E-state index contributed by atoms with van der Waals surface area (Å²) in [5, 5.41) is 10.7. The largest absolute Gasteiger partial charge is 0.0622 e. The van der Waals surface area contributed by atoms with E-state index in [4.69, 9.17) is 0 Å². The lowest BCUT2D eigenvalue weighted by molar-refractivity contribution is 1.27. The third-order valence-corrected chi connectivity index (χ3v) is 15.0. The average molecular weight is 1080 g/mol. The Hall–Kier alpha value is -9.10. The molecule has 0 aliphatic heterocycles. The minimum Gasteiger partial charge on any atom is -0.0622 e. The Bertz CT molecular complexity index is 3990. The van der Waals surface area contributed by atoms with Crippen molar-refractivity contribution in [3.63, 3.8) is 0 Å². The van der Waals surface area contributed by atoms with Crippen LogP contribution in [0.2, 0.25) is 0 Å². The summed E-state index contributed by atoms with van der Waals surface area (Å²) in [7, 11) is 0. The lowest BCUT2D eigenvalue weighted by atomic mass is 9.97. The Labute approximate surface area is 497 Å². The van der Waals surface area contributed by atoms with Crippen molar-refractivity contribution in [2.24, 2.45) is 0 Å². The molecule has 0 bridgehead atoms. The van der Waals surface area contributed by atoms with Gasteiger partial charge in [-0.25, -0.2) is 0 Å². The van der Waals surface area contributed by atoms with Gasteiger partial charge in [-0.1, -0.05) is 288 Å². The topological polar surface area (TPSA) is 0 Å². The van der Waals surface area contributed by atoms with Crippen LogP contribution in [-0.2, 0) is 0 Å². The van der Waals surface area contributed by atoms with Gasteiger partial charge in [0.15, 0.2) is 0 Å². The summed E-state index contributed by atoms with van der Waals surface area (Å²) in [6, 6.07) is 96.6. The summed E-state index contributed by atoms with van der Waals surface area (Å²) in [4.78, 5) is 0. The molecular weight excluding hydrogens is 997 g/mol. The summed E-state index contributed by atoms with van der Waals surface area (Å²) in [6.07, 6.45) is 0. The van der Waals surface area contributed by atoms with E-state index in [0.29, 0.717) is 0 Å². The SMILES string of the molecule is Cc1cc(-c2ccccc2)cc(-c2ccccc2)c1.Cc1cc(C)cc(C)c1.Cc1cc2ccccc2c2ccccc12.Cc1ccc2cc3ccccc3cc2c1.Cc1cccc(C)c1.Cc1cccc(C)c1C.Cc1ccccc1C. The number of rotatable bonds is 2. The van der Waals surface area contributed by atoms with Gasteiger partial charge in [0.1, 0.15) is 0 Å². The number of benzene rings is 13. The van der Waals surface area contributed by atoms with Crippen LogP contribution in [0.15, 0.2) is 273 Å². The minimum absolute atomic E-state index is 1.27. The molecule has 0 amide bonds. The van der Waals surface area contributed by atoms with Gasteiger partial charge >= 0.3 is 0 Å². The maximum absolute atomic E-state index is 2.26. The van der Waals surface area contributed by atoms with Gasteiger partial charge in [0, 0.05) is 0 Å². The van der Waals surface area contributed by atoms with Crippen molar-refractivity contribution >= 4 is 43.1 Å². The normalized spacial score (nSPS) is 10.2. The maximum atomic E-state index is 2.26. The van der Waals surface area contributed by atoms with Crippen molar-refractivity contribution in [2.75, 3.05) is 0 Å². The van der Waals surface area contributed by atoms with Gasteiger partial charge in [-0.2, -0.15) is 0 Å². The van der Waals surface area contributed by atoms with Crippen molar-refractivity contribution in [1.82, 2.24) is 0 Å². The molecular formula is C83H84. The van der Waals surface area contributed by atoms with Gasteiger partial charge in [0.05, 0.1) is 0 Å². The molecule has 0 nitrogen and oxygen atoms in total. The predicted octanol–water partition coefficient (Wildman–Crippen LogP) is 23.8. The maximum Gasteiger partial charge on any atom is -0.0103 e. The molecule has 13 aromatic rings. The van der Waals surface area contributed by atoms with E-state index >= 15 is 0 Å². The third kappa shape index (κ3) is 18.7. The molecule has 0 radical (unpaired) electrons. The van der Waals surface area contributed by atoms with E-state index < -0.39 is 0 Å². The molecule has 0 saturated carbocycles. The zero-order valence-electron chi connectivity index (χ0n) is 51.5. The summed E-state index contributed by atoms with van der Waals surface area (Å²) in [6.45, 7) is 27.7. The highest BCUT2D eigenvalue weighted by atomic mass is 14.1. The quantitative estimate of drug-likeness (QED) is 0.120. The van der Waals surface area contributed by atoms with Gasteiger partial charge in [0.2, 0.25) is 0 Å². The molecule has 0 aliphatic rings. The van der Waals surface area contributed by atoms with Crippen molar-refractivity contribution in [1.29, 1.82) is 0 Å². The first kappa shape index (κ1) is 61.5. The van der Waals surface area contributed by atoms with Crippen molar-refractivity contribution in [2.45, 2.75) is 90.0 Å². The van der Waals surface area contributed by atoms with E-state index in [1.165, 1.54) is 138 Å². The molecule has 0 atom stereocenters. The fourth-order valence-electron chi connectivity index (χ4n) is 10.2. The van der Waals surface area contributed by atoms with Crippen LogP contribution in [-0.4, -0.2) is 0 Å². The molecule has 0 saturated heterocycles. The monoisotopic (exact) mass is 1080 g/mol. The zero-order valence-corrected chi connectivity index (χ0v) is 51.5. The van der Waals surface area contributed by atoms with E-state index in [2.05, 4.69) is 363 Å². The summed E-state index contributed by atoms with van der Waals surface area (Å²) in [5.41, 5.74) is 22.7. The minimum atomic E-state index is 1.27. The first-order valence-electron chi connectivity index (χ1n) is 29.1. The second-order valence-electron chi connectivity index (χ2n) is 22.3. The molecule has 0 fully saturated rings. The molecule has 0 aliphatic carbocycles. The summed E-state index contributed by atoms with van der Waals surface area (Å²) in [5.74, 6) is 0. The van der Waals surface area contributed by atoms with Gasteiger partial charge < -0.3 is 0 Å². The first-order valence-corrected chi connectivity index (χ1v) is 29.1. The zero-order chi connectivity index (χ0) is 59.3. The Kier molecular flexibility index (Phi) is 22.7. The highest BCUT2D eigenvalue weighted by molar-refractivity contribution is 6.08. The van der Waals surface area contributed by atoms with Crippen LogP contribution in [0, 0.1) is 90.0 Å². The van der Waals surface area contributed by atoms with Gasteiger partial charge in [0.25, 0.3) is 0 Å². The molecule has 0 N–H and O–H groups in total. The van der Waals surface area contributed by atoms with Crippen LogP contribution in [0.3, 0.4) is 0 Å². The highest BCUT2D eigenvalue weighted by Gasteiger charge is 2.05. The molecule has 0 heterocycles. The molecule has 0 aromatic heterocycles. The number of aryl methyl sites for hydroxylation is 12. The molecule has 0 heteroatoms. The van der Waals surface area contributed by atoms with Crippen LogP contribution in [0.25, 0.3) is 65.3 Å². The predicted molar refractivity (Wildman–Crippen MR) is 368 cm³/mol. The standard InChI is InChI=1S/C19H16.2C15H12.2C9H12.2C8H10/c1-15-12-18(16-8-4-2-5-9-16)14-19(13-15)17-10-6-3-7-11-17;1-11-10-12-6-2-3-8-14(12)15-9-5-4-7-13(11)15;1-11-6-7-14-9-12-4-2-3-5-13(12)10-15(14)8-11;1-7-4-8(2)6-9(3)5-7;1-7-5-4-6-8(2)9(7)3;1-7-4-3-5-8(2)6-7;1-7-5-3-4-6-8(7)2/h2-14H,1H3;2*2-10H,1H3;2*4-6H,1-3H3;2*3-6H,1-2H3. The number of fused-ring (bicyclic) bond motifs is 5. The number of hydrogen-bond donors (Lipinski definition) is 0. The van der Waals surface area contributed by atoms with Crippen molar-refractivity contribution in [3.05, 3.63) is 345 Å². The Morgan fingerprint density at radius 2 is 0.518 bits per heavy atom. The summed E-state index contributed by atoms with van der Waals surface area (Å²) >= 11 is 0. The van der Waals surface area contributed by atoms with Crippen LogP contribution < -0.4 is 0 Å². The van der Waals surface area contributed by atoms with Crippen LogP contribution in [0.4, 0.5) is 0 Å². The Morgan fingerprint density at radius 3 is 0.988 bits per heavy atom. The summed E-state index contributed by atoms with van der Waals surface area (Å²) < 4.78 is 0. The van der Waals surface area contributed by atoms with Gasteiger partial charge in [-0.05, 0) is 212 Å². The molecule has 416 valence electrons.